The number of methoxy groups -OCH3 is 1. The van der Waals surface area contributed by atoms with E-state index in [1.165, 1.54) is 12.1 Å². The summed E-state index contributed by atoms with van der Waals surface area (Å²) in [7, 11) is 1.58. The third kappa shape index (κ3) is 6.68. The molecular weight excluding hydrogens is 421 g/mol. The van der Waals surface area contributed by atoms with Crippen LogP contribution in [0.2, 0.25) is 0 Å². The summed E-state index contributed by atoms with van der Waals surface area (Å²) >= 11 is 0. The van der Waals surface area contributed by atoms with Crippen LogP contribution < -0.4 is 14.4 Å². The van der Waals surface area contributed by atoms with Gasteiger partial charge in [-0.25, -0.2) is 0 Å². The van der Waals surface area contributed by atoms with Gasteiger partial charge in [0.15, 0.2) is 0 Å². The third-order valence-electron chi connectivity index (χ3n) is 4.86. The Bertz CT molecular complexity index is 799. The number of β-amino-alcohol motifs (C(OH)–C–C–N with tert-alkyl or cyclic N) is 1. The fourth-order valence-corrected chi connectivity index (χ4v) is 3.30. The van der Waals surface area contributed by atoms with Gasteiger partial charge in [-0.15, -0.1) is 12.4 Å². The highest BCUT2D eigenvalue weighted by molar-refractivity contribution is 5.85. The van der Waals surface area contributed by atoms with E-state index in [0.29, 0.717) is 49.9 Å². The Kier molecular flexibility index (Phi) is 8.64. The van der Waals surface area contributed by atoms with Crippen LogP contribution in [0.5, 0.6) is 11.5 Å². The smallest absolute Gasteiger partial charge is 0.416 e. The Hall–Kier alpha value is -2.16. The molecule has 1 saturated heterocycles. The molecule has 1 aliphatic heterocycles. The minimum absolute atomic E-state index is 0. The summed E-state index contributed by atoms with van der Waals surface area (Å²) in [5, 5.41) is 10.3. The monoisotopic (exact) mass is 446 g/mol. The van der Waals surface area contributed by atoms with Crippen LogP contribution in [-0.4, -0.2) is 62.6 Å². The third-order valence-corrected chi connectivity index (χ3v) is 4.86. The van der Waals surface area contributed by atoms with Crippen molar-refractivity contribution in [3.8, 4) is 11.5 Å². The fourth-order valence-electron chi connectivity index (χ4n) is 3.30. The van der Waals surface area contributed by atoms with E-state index >= 15 is 0 Å². The standard InChI is InChI=1S/C21H25F3N2O3.ClH/c1-28-19-6-3-7-20(13-19)29-15-18(27)14-25-8-10-26(11-9-25)17-5-2-4-16(12-17)21(22,23)24;/h2-7,12-13,18,27H,8-11,14-15H2,1H3;1H. The molecule has 9 heteroatoms. The first-order valence-electron chi connectivity index (χ1n) is 9.44. The quantitative estimate of drug-likeness (QED) is 0.702. The number of rotatable bonds is 7. The summed E-state index contributed by atoms with van der Waals surface area (Å²) in [6.07, 6.45) is -5.01. The SMILES string of the molecule is COc1cccc(OCC(O)CN2CCN(c3cccc(C(F)(F)F)c3)CC2)c1.Cl. The van der Waals surface area contributed by atoms with Crippen molar-refractivity contribution in [1.29, 1.82) is 0 Å². The van der Waals surface area contributed by atoms with Crippen molar-refractivity contribution in [3.05, 3.63) is 54.1 Å². The van der Waals surface area contributed by atoms with Gasteiger partial charge in [0.1, 0.15) is 24.2 Å². The Balaban J connectivity index is 0.00000320. The van der Waals surface area contributed by atoms with E-state index in [0.717, 1.165) is 6.07 Å². The van der Waals surface area contributed by atoms with E-state index < -0.39 is 17.8 Å². The number of halogens is 4. The van der Waals surface area contributed by atoms with Crippen molar-refractivity contribution in [1.82, 2.24) is 4.90 Å². The van der Waals surface area contributed by atoms with Crippen LogP contribution in [0.1, 0.15) is 5.56 Å². The van der Waals surface area contributed by atoms with Crippen molar-refractivity contribution in [2.24, 2.45) is 0 Å². The first kappa shape index (κ1) is 24.1. The number of piperazine rings is 1. The predicted octanol–water partition coefficient (Wildman–Crippen LogP) is 3.70. The normalized spacial score (nSPS) is 16.0. The van der Waals surface area contributed by atoms with Gasteiger partial charge in [-0.3, -0.25) is 4.90 Å². The van der Waals surface area contributed by atoms with Crippen molar-refractivity contribution in [2.45, 2.75) is 12.3 Å². The first-order chi connectivity index (χ1) is 13.8. The van der Waals surface area contributed by atoms with Gasteiger partial charge in [0.05, 0.1) is 12.7 Å². The molecule has 166 valence electrons. The van der Waals surface area contributed by atoms with Gasteiger partial charge < -0.3 is 19.5 Å². The maximum Gasteiger partial charge on any atom is 0.416 e. The molecule has 0 spiro atoms. The van der Waals surface area contributed by atoms with Crippen molar-refractivity contribution < 1.29 is 27.8 Å². The number of nitrogens with zero attached hydrogens (tertiary/aromatic N) is 2. The molecule has 1 N–H and O–H groups in total. The highest BCUT2D eigenvalue weighted by atomic mass is 35.5. The van der Waals surface area contributed by atoms with Gasteiger partial charge in [-0.2, -0.15) is 13.2 Å². The second-order valence-corrected chi connectivity index (χ2v) is 6.98. The predicted molar refractivity (Wildman–Crippen MR) is 112 cm³/mol. The summed E-state index contributed by atoms with van der Waals surface area (Å²) in [5.41, 5.74) is -0.0658. The van der Waals surface area contributed by atoms with Gasteiger partial charge in [0.25, 0.3) is 0 Å². The Morgan fingerprint density at radius 2 is 1.67 bits per heavy atom. The number of hydrogen-bond acceptors (Lipinski definition) is 5. The van der Waals surface area contributed by atoms with Crippen LogP contribution in [0.15, 0.2) is 48.5 Å². The molecule has 1 aliphatic rings. The minimum Gasteiger partial charge on any atom is -0.497 e. The Morgan fingerprint density at radius 3 is 2.33 bits per heavy atom. The van der Waals surface area contributed by atoms with Crippen molar-refractivity contribution in [3.63, 3.8) is 0 Å². The summed E-state index contributed by atoms with van der Waals surface area (Å²) < 4.78 is 49.5. The average Bonchev–Trinajstić information content (AvgIpc) is 2.72. The van der Waals surface area contributed by atoms with Crippen LogP contribution in [0.3, 0.4) is 0 Å². The van der Waals surface area contributed by atoms with Gasteiger partial charge in [-0.05, 0) is 30.3 Å². The summed E-state index contributed by atoms with van der Waals surface area (Å²) in [6.45, 7) is 3.12. The highest BCUT2D eigenvalue weighted by Crippen LogP contribution is 2.31. The van der Waals surface area contributed by atoms with Crippen LogP contribution in [0.4, 0.5) is 18.9 Å². The van der Waals surface area contributed by atoms with Gasteiger partial charge in [0.2, 0.25) is 0 Å². The summed E-state index contributed by atoms with van der Waals surface area (Å²) in [4.78, 5) is 4.02. The lowest BCUT2D eigenvalue weighted by Crippen LogP contribution is -2.49. The number of aliphatic hydroxyl groups excluding tert-OH is 1. The summed E-state index contributed by atoms with van der Waals surface area (Å²) in [5.74, 6) is 1.31. The van der Waals surface area contributed by atoms with Crippen LogP contribution in [0.25, 0.3) is 0 Å². The maximum atomic E-state index is 12.9. The zero-order valence-electron chi connectivity index (χ0n) is 16.6. The largest absolute Gasteiger partial charge is 0.497 e. The minimum atomic E-state index is -4.34. The van der Waals surface area contributed by atoms with E-state index in [1.54, 1.807) is 25.3 Å². The molecule has 0 aromatic heterocycles. The highest BCUT2D eigenvalue weighted by Gasteiger charge is 2.31. The lowest BCUT2D eigenvalue weighted by Gasteiger charge is -2.37. The number of benzene rings is 2. The molecule has 1 atom stereocenters. The summed E-state index contributed by atoms with van der Waals surface area (Å²) in [6, 6.07) is 12.6. The molecule has 0 aliphatic carbocycles. The van der Waals surface area contributed by atoms with E-state index in [4.69, 9.17) is 9.47 Å². The molecule has 1 unspecified atom stereocenters. The van der Waals surface area contributed by atoms with Crippen LogP contribution in [0, 0.1) is 0 Å². The zero-order valence-corrected chi connectivity index (χ0v) is 17.5. The number of alkyl halides is 3. The van der Waals surface area contributed by atoms with Crippen LogP contribution in [-0.2, 0) is 6.18 Å². The Morgan fingerprint density at radius 1 is 1.00 bits per heavy atom. The molecule has 5 nitrogen and oxygen atoms in total. The van der Waals surface area contributed by atoms with Crippen LogP contribution >= 0.6 is 12.4 Å². The van der Waals surface area contributed by atoms with Gasteiger partial charge >= 0.3 is 6.18 Å². The molecule has 0 saturated carbocycles. The molecule has 0 radical (unpaired) electrons. The fraction of sp³-hybridized carbons (Fsp3) is 0.429. The zero-order chi connectivity index (χ0) is 20.9. The first-order valence-corrected chi connectivity index (χ1v) is 9.44. The van der Waals surface area contributed by atoms with Crippen molar-refractivity contribution in [2.75, 3.05) is 51.3 Å². The number of anilines is 1. The molecule has 3 rings (SSSR count). The average molecular weight is 447 g/mol. The second kappa shape index (κ2) is 10.7. The molecule has 1 fully saturated rings. The maximum absolute atomic E-state index is 12.9. The Labute approximate surface area is 180 Å². The molecule has 2 aromatic carbocycles. The number of hydrogen-bond donors (Lipinski definition) is 1. The van der Waals surface area contributed by atoms with E-state index in [9.17, 15) is 18.3 Å². The second-order valence-electron chi connectivity index (χ2n) is 6.98. The number of ether oxygens (including phenoxy) is 2. The number of aliphatic hydroxyl groups is 1. The lowest BCUT2D eigenvalue weighted by atomic mass is 10.1. The van der Waals surface area contributed by atoms with E-state index in [2.05, 4.69) is 4.90 Å². The van der Waals surface area contributed by atoms with Gasteiger partial charge in [-0.1, -0.05) is 12.1 Å². The lowest BCUT2D eigenvalue weighted by molar-refractivity contribution is -0.137. The topological polar surface area (TPSA) is 45.2 Å². The molecule has 30 heavy (non-hydrogen) atoms. The molecule has 2 aromatic rings. The molecule has 0 bridgehead atoms. The van der Waals surface area contributed by atoms with Gasteiger partial charge in [0, 0.05) is 44.5 Å². The van der Waals surface area contributed by atoms with E-state index in [-0.39, 0.29) is 19.0 Å². The van der Waals surface area contributed by atoms with Crippen molar-refractivity contribution >= 4 is 18.1 Å². The van der Waals surface area contributed by atoms with E-state index in [1.807, 2.05) is 17.0 Å². The molecule has 1 heterocycles. The molecular formula is C21H26ClF3N2O3. The molecule has 0 amide bonds.